The Hall–Kier alpha value is -3.47. The quantitative estimate of drug-likeness (QED) is 0.540. The number of furan rings is 1. The summed E-state index contributed by atoms with van der Waals surface area (Å²) in [5.74, 6) is 1.09. The number of aromatic amines is 1. The van der Waals surface area contributed by atoms with Gasteiger partial charge in [0.15, 0.2) is 5.76 Å². The molecule has 1 aliphatic rings. The number of rotatable bonds is 4. The SMILES string of the molecule is CCOc1ccc([C@H]2c3[nH]c4ccccc4c3CCN2C(=O)c2ccco2)cc1. The minimum atomic E-state index is -0.209. The number of para-hydroxylation sites is 1. The van der Waals surface area contributed by atoms with E-state index in [0.29, 0.717) is 18.9 Å². The van der Waals surface area contributed by atoms with Crippen molar-refractivity contribution < 1.29 is 13.9 Å². The molecule has 0 saturated heterocycles. The predicted molar refractivity (Wildman–Crippen MR) is 111 cm³/mol. The van der Waals surface area contributed by atoms with E-state index in [1.54, 1.807) is 12.1 Å². The van der Waals surface area contributed by atoms with Gasteiger partial charge in [0.1, 0.15) is 5.75 Å². The number of hydrogen-bond donors (Lipinski definition) is 1. The smallest absolute Gasteiger partial charge is 0.290 e. The summed E-state index contributed by atoms with van der Waals surface area (Å²) in [6.07, 6.45) is 2.34. The van der Waals surface area contributed by atoms with Crippen molar-refractivity contribution in [2.24, 2.45) is 0 Å². The highest BCUT2D eigenvalue weighted by Crippen LogP contribution is 2.39. The Balaban J connectivity index is 1.63. The Morgan fingerprint density at radius 2 is 1.97 bits per heavy atom. The van der Waals surface area contributed by atoms with Crippen LogP contribution in [-0.4, -0.2) is 28.9 Å². The average molecular weight is 386 g/mol. The number of H-pyrrole nitrogens is 1. The highest BCUT2D eigenvalue weighted by molar-refractivity contribution is 5.93. The number of aromatic nitrogens is 1. The lowest BCUT2D eigenvalue weighted by atomic mass is 9.92. The van der Waals surface area contributed by atoms with Crippen molar-refractivity contribution in [3.05, 3.63) is 89.5 Å². The Labute approximate surface area is 168 Å². The lowest BCUT2D eigenvalue weighted by Gasteiger charge is -2.35. The van der Waals surface area contributed by atoms with Crippen LogP contribution in [0.1, 0.15) is 40.3 Å². The Kier molecular flexibility index (Phi) is 4.35. The second-order valence-corrected chi connectivity index (χ2v) is 7.19. The fourth-order valence-corrected chi connectivity index (χ4v) is 4.26. The molecule has 0 unspecified atom stereocenters. The van der Waals surface area contributed by atoms with Gasteiger partial charge >= 0.3 is 0 Å². The second-order valence-electron chi connectivity index (χ2n) is 7.19. The summed E-state index contributed by atoms with van der Waals surface area (Å²) in [5, 5.41) is 1.23. The molecule has 1 amide bonds. The molecule has 1 N–H and O–H groups in total. The average Bonchev–Trinajstić information content (AvgIpc) is 3.41. The molecule has 0 spiro atoms. The molecule has 0 fully saturated rings. The summed E-state index contributed by atoms with van der Waals surface area (Å²) in [5.41, 5.74) is 4.49. The van der Waals surface area contributed by atoms with Gasteiger partial charge in [0.2, 0.25) is 0 Å². The normalized spacial score (nSPS) is 16.0. The largest absolute Gasteiger partial charge is 0.494 e. The monoisotopic (exact) mass is 386 g/mol. The number of amides is 1. The number of nitrogens with one attached hydrogen (secondary N) is 1. The van der Waals surface area contributed by atoms with Crippen molar-refractivity contribution in [3.8, 4) is 5.75 Å². The van der Waals surface area contributed by atoms with E-state index >= 15 is 0 Å². The van der Waals surface area contributed by atoms with Crippen LogP contribution >= 0.6 is 0 Å². The van der Waals surface area contributed by atoms with Gasteiger partial charge in [-0.15, -0.1) is 0 Å². The maximum Gasteiger partial charge on any atom is 0.290 e. The molecule has 0 saturated carbocycles. The molecule has 0 aliphatic carbocycles. The van der Waals surface area contributed by atoms with Crippen LogP contribution in [0.4, 0.5) is 0 Å². The number of hydrogen-bond acceptors (Lipinski definition) is 3. The Bertz CT molecular complexity index is 1140. The van der Waals surface area contributed by atoms with Gasteiger partial charge < -0.3 is 19.0 Å². The van der Waals surface area contributed by atoms with Crippen LogP contribution < -0.4 is 4.74 Å². The molecule has 29 heavy (non-hydrogen) atoms. The van der Waals surface area contributed by atoms with Crippen LogP contribution in [-0.2, 0) is 6.42 Å². The summed E-state index contributed by atoms with van der Waals surface area (Å²) in [7, 11) is 0. The van der Waals surface area contributed by atoms with Gasteiger partial charge in [0, 0.05) is 23.1 Å². The molecule has 5 rings (SSSR count). The molecule has 2 aromatic carbocycles. The van der Waals surface area contributed by atoms with Crippen molar-refractivity contribution in [1.82, 2.24) is 9.88 Å². The summed E-state index contributed by atoms with van der Waals surface area (Å²) < 4.78 is 11.0. The van der Waals surface area contributed by atoms with E-state index in [-0.39, 0.29) is 11.9 Å². The zero-order chi connectivity index (χ0) is 19.8. The van der Waals surface area contributed by atoms with E-state index in [1.807, 2.05) is 42.2 Å². The number of benzene rings is 2. The predicted octanol–water partition coefficient (Wildman–Crippen LogP) is 4.95. The van der Waals surface area contributed by atoms with Gasteiger partial charge in [-0.25, -0.2) is 0 Å². The summed E-state index contributed by atoms with van der Waals surface area (Å²) >= 11 is 0. The molecule has 4 aromatic rings. The van der Waals surface area contributed by atoms with E-state index < -0.39 is 0 Å². The van der Waals surface area contributed by atoms with Crippen molar-refractivity contribution in [2.45, 2.75) is 19.4 Å². The lowest BCUT2D eigenvalue weighted by Crippen LogP contribution is -2.40. The van der Waals surface area contributed by atoms with E-state index in [4.69, 9.17) is 9.15 Å². The molecule has 0 radical (unpaired) electrons. The van der Waals surface area contributed by atoms with Crippen LogP contribution in [0.5, 0.6) is 5.75 Å². The third kappa shape index (κ3) is 2.99. The van der Waals surface area contributed by atoms with E-state index in [2.05, 4.69) is 23.2 Å². The number of ether oxygens (including phenoxy) is 1. The standard InChI is InChI=1S/C24H22N2O3/c1-2-28-17-11-9-16(10-12-17)23-22-19(18-6-3-4-7-20(18)25-22)13-14-26(23)24(27)21-8-5-15-29-21/h3-12,15,23,25H,2,13-14H2,1H3/t23-/m0/s1. The Morgan fingerprint density at radius 3 is 2.72 bits per heavy atom. The van der Waals surface area contributed by atoms with Crippen LogP contribution in [0.15, 0.2) is 71.3 Å². The first-order valence-corrected chi connectivity index (χ1v) is 9.93. The lowest BCUT2D eigenvalue weighted by molar-refractivity contribution is 0.0659. The molecular weight excluding hydrogens is 364 g/mol. The third-order valence-corrected chi connectivity index (χ3v) is 5.53. The summed E-state index contributed by atoms with van der Waals surface area (Å²) in [6.45, 7) is 3.22. The zero-order valence-corrected chi connectivity index (χ0v) is 16.2. The molecule has 0 bridgehead atoms. The van der Waals surface area contributed by atoms with Gasteiger partial charge in [-0.1, -0.05) is 30.3 Å². The number of nitrogens with zero attached hydrogens (tertiary/aromatic N) is 1. The molecule has 146 valence electrons. The minimum Gasteiger partial charge on any atom is -0.494 e. The van der Waals surface area contributed by atoms with E-state index in [9.17, 15) is 4.79 Å². The molecular formula is C24H22N2O3. The Morgan fingerprint density at radius 1 is 1.14 bits per heavy atom. The highest BCUT2D eigenvalue weighted by Gasteiger charge is 2.35. The first kappa shape index (κ1) is 17.6. The molecule has 2 aromatic heterocycles. The topological polar surface area (TPSA) is 58.5 Å². The van der Waals surface area contributed by atoms with Gasteiger partial charge in [-0.05, 0) is 54.8 Å². The van der Waals surface area contributed by atoms with Gasteiger partial charge in [-0.3, -0.25) is 4.79 Å². The zero-order valence-electron chi connectivity index (χ0n) is 16.2. The fraction of sp³-hybridized carbons (Fsp3) is 0.208. The number of carbonyl (C=O) groups is 1. The number of carbonyl (C=O) groups excluding carboxylic acids is 1. The highest BCUT2D eigenvalue weighted by atomic mass is 16.5. The molecule has 1 atom stereocenters. The summed E-state index contributed by atoms with van der Waals surface area (Å²) in [4.78, 5) is 18.7. The van der Waals surface area contributed by atoms with Gasteiger partial charge in [0.25, 0.3) is 5.91 Å². The van der Waals surface area contributed by atoms with Crippen molar-refractivity contribution >= 4 is 16.8 Å². The van der Waals surface area contributed by atoms with Crippen LogP contribution in [0.2, 0.25) is 0 Å². The van der Waals surface area contributed by atoms with Crippen molar-refractivity contribution in [3.63, 3.8) is 0 Å². The molecule has 3 heterocycles. The maximum atomic E-state index is 13.2. The van der Waals surface area contributed by atoms with Crippen LogP contribution in [0.25, 0.3) is 10.9 Å². The second kappa shape index (κ2) is 7.17. The van der Waals surface area contributed by atoms with E-state index in [1.165, 1.54) is 17.2 Å². The van der Waals surface area contributed by atoms with E-state index in [0.717, 1.165) is 28.9 Å². The van der Waals surface area contributed by atoms with Crippen LogP contribution in [0, 0.1) is 0 Å². The minimum absolute atomic E-state index is 0.0989. The van der Waals surface area contributed by atoms with Crippen molar-refractivity contribution in [2.75, 3.05) is 13.2 Å². The van der Waals surface area contributed by atoms with Gasteiger partial charge in [-0.2, -0.15) is 0 Å². The van der Waals surface area contributed by atoms with Crippen LogP contribution in [0.3, 0.4) is 0 Å². The summed E-state index contributed by atoms with van der Waals surface area (Å²) in [6, 6.07) is 19.6. The first-order valence-electron chi connectivity index (χ1n) is 9.93. The first-order chi connectivity index (χ1) is 14.3. The maximum absolute atomic E-state index is 13.2. The van der Waals surface area contributed by atoms with Gasteiger partial charge in [0.05, 0.1) is 18.9 Å². The molecule has 5 nitrogen and oxygen atoms in total. The number of fused-ring (bicyclic) bond motifs is 3. The molecule has 1 aliphatic heterocycles. The molecule has 5 heteroatoms. The fourth-order valence-electron chi connectivity index (χ4n) is 4.26. The van der Waals surface area contributed by atoms with Crippen molar-refractivity contribution in [1.29, 1.82) is 0 Å². The third-order valence-electron chi connectivity index (χ3n) is 5.53.